The molecule has 1 aromatic carbocycles. The number of sulfonamides is 1. The maximum Gasteiger partial charge on any atom is 0.238 e. The van der Waals surface area contributed by atoms with Gasteiger partial charge in [-0.25, -0.2) is 13.6 Å². The lowest BCUT2D eigenvalue weighted by atomic mass is 10.1. The van der Waals surface area contributed by atoms with Crippen LogP contribution in [0.3, 0.4) is 0 Å². The summed E-state index contributed by atoms with van der Waals surface area (Å²) in [6.07, 6.45) is 0.791. The Bertz CT molecular complexity index is 592. The minimum absolute atomic E-state index is 0.0369. The van der Waals surface area contributed by atoms with Gasteiger partial charge in [0, 0.05) is 12.2 Å². The normalized spacial score (nSPS) is 19.4. The van der Waals surface area contributed by atoms with E-state index in [0.29, 0.717) is 17.8 Å². The molecule has 1 aliphatic rings. The number of nitrogens with one attached hydrogen (secondary N) is 2. The average molecular weight is 283 g/mol. The van der Waals surface area contributed by atoms with Gasteiger partial charge in [-0.3, -0.25) is 4.79 Å². The van der Waals surface area contributed by atoms with Crippen molar-refractivity contribution in [2.24, 2.45) is 11.1 Å². The fourth-order valence-corrected chi connectivity index (χ4v) is 2.92. The van der Waals surface area contributed by atoms with E-state index in [9.17, 15) is 13.2 Å². The first-order chi connectivity index (χ1) is 8.88. The van der Waals surface area contributed by atoms with E-state index in [-0.39, 0.29) is 16.7 Å². The molecule has 1 fully saturated rings. The van der Waals surface area contributed by atoms with Gasteiger partial charge in [0.1, 0.15) is 0 Å². The molecule has 0 aliphatic carbocycles. The van der Waals surface area contributed by atoms with Crippen molar-refractivity contribution in [1.82, 2.24) is 5.32 Å². The second kappa shape index (κ2) is 5.28. The van der Waals surface area contributed by atoms with Crippen molar-refractivity contribution in [3.05, 3.63) is 23.8 Å². The topological polar surface area (TPSA) is 101 Å². The van der Waals surface area contributed by atoms with Gasteiger partial charge >= 0.3 is 0 Å². The maximum absolute atomic E-state index is 11.9. The number of nitrogens with two attached hydrogens (primary N) is 1. The highest BCUT2D eigenvalue weighted by atomic mass is 32.2. The number of hydrogen-bond donors (Lipinski definition) is 3. The Morgan fingerprint density at radius 2 is 2.21 bits per heavy atom. The Morgan fingerprint density at radius 3 is 2.79 bits per heavy atom. The molecule has 1 aromatic rings. The molecule has 0 spiro atoms. The predicted octanol–water partition coefficient (Wildman–Crippen LogP) is 0.190. The third-order valence-corrected chi connectivity index (χ3v) is 4.25. The van der Waals surface area contributed by atoms with Crippen LogP contribution in [0.25, 0.3) is 0 Å². The number of hydrogen-bond acceptors (Lipinski definition) is 4. The standard InChI is InChI=1S/C12H17N3O3S/c1-8-2-3-10(6-11(8)19(13,17)18)15-12(16)9-4-5-14-7-9/h2-3,6,9,14H,4-5,7H2,1H3,(H,15,16)(H2,13,17,18). The molecule has 1 amide bonds. The molecular formula is C12H17N3O3S. The summed E-state index contributed by atoms with van der Waals surface area (Å²) < 4.78 is 22.8. The average Bonchev–Trinajstić information content (AvgIpc) is 2.83. The van der Waals surface area contributed by atoms with Crippen molar-refractivity contribution in [2.75, 3.05) is 18.4 Å². The Hall–Kier alpha value is -1.44. The lowest BCUT2D eigenvalue weighted by molar-refractivity contribution is -0.119. The van der Waals surface area contributed by atoms with Gasteiger partial charge in [-0.1, -0.05) is 6.07 Å². The van der Waals surface area contributed by atoms with Crippen LogP contribution in [0.4, 0.5) is 5.69 Å². The number of benzene rings is 1. The van der Waals surface area contributed by atoms with E-state index in [4.69, 9.17) is 5.14 Å². The molecule has 1 saturated heterocycles. The molecular weight excluding hydrogens is 266 g/mol. The number of carbonyl (C=O) groups excluding carboxylic acids is 1. The van der Waals surface area contributed by atoms with Crippen LogP contribution in [0.2, 0.25) is 0 Å². The van der Waals surface area contributed by atoms with Crippen molar-refractivity contribution in [3.8, 4) is 0 Å². The lowest BCUT2D eigenvalue weighted by Gasteiger charge is -2.11. The third-order valence-electron chi connectivity index (χ3n) is 3.19. The number of rotatable bonds is 3. The first-order valence-corrected chi connectivity index (χ1v) is 7.57. The molecule has 2 rings (SSSR count). The van der Waals surface area contributed by atoms with Crippen LogP contribution >= 0.6 is 0 Å². The predicted molar refractivity (Wildman–Crippen MR) is 72.2 cm³/mol. The highest BCUT2D eigenvalue weighted by Gasteiger charge is 2.22. The van der Waals surface area contributed by atoms with E-state index >= 15 is 0 Å². The number of primary sulfonamides is 1. The SMILES string of the molecule is Cc1ccc(NC(=O)C2CCNC2)cc1S(N)(=O)=O. The molecule has 104 valence electrons. The number of aryl methyl sites for hydroxylation is 1. The molecule has 1 atom stereocenters. The molecule has 0 aromatic heterocycles. The highest BCUT2D eigenvalue weighted by Crippen LogP contribution is 2.20. The molecule has 0 saturated carbocycles. The van der Waals surface area contributed by atoms with Crippen LogP contribution in [-0.4, -0.2) is 27.4 Å². The van der Waals surface area contributed by atoms with Gasteiger partial charge in [-0.15, -0.1) is 0 Å². The molecule has 19 heavy (non-hydrogen) atoms. The summed E-state index contributed by atoms with van der Waals surface area (Å²) in [6.45, 7) is 3.14. The monoisotopic (exact) mass is 283 g/mol. The van der Waals surface area contributed by atoms with Gasteiger partial charge in [0.15, 0.2) is 0 Å². The second-order valence-electron chi connectivity index (χ2n) is 4.70. The van der Waals surface area contributed by atoms with Crippen molar-refractivity contribution < 1.29 is 13.2 Å². The molecule has 1 unspecified atom stereocenters. The summed E-state index contributed by atoms with van der Waals surface area (Å²) in [5.41, 5.74) is 1.01. The van der Waals surface area contributed by atoms with Crippen LogP contribution in [0.1, 0.15) is 12.0 Å². The van der Waals surface area contributed by atoms with E-state index in [1.165, 1.54) is 6.07 Å². The lowest BCUT2D eigenvalue weighted by Crippen LogP contribution is -2.25. The van der Waals surface area contributed by atoms with Gasteiger partial charge in [0.25, 0.3) is 0 Å². The molecule has 4 N–H and O–H groups in total. The highest BCUT2D eigenvalue weighted by molar-refractivity contribution is 7.89. The maximum atomic E-state index is 11.9. The van der Waals surface area contributed by atoms with E-state index < -0.39 is 10.0 Å². The summed E-state index contributed by atoms with van der Waals surface area (Å²) in [5, 5.41) is 11.0. The van der Waals surface area contributed by atoms with E-state index in [0.717, 1.165) is 13.0 Å². The zero-order valence-corrected chi connectivity index (χ0v) is 11.5. The minimum atomic E-state index is -3.77. The van der Waals surface area contributed by atoms with Crippen LogP contribution in [-0.2, 0) is 14.8 Å². The molecule has 6 nitrogen and oxygen atoms in total. The zero-order valence-electron chi connectivity index (χ0n) is 10.6. The van der Waals surface area contributed by atoms with Crippen LogP contribution in [0.15, 0.2) is 23.1 Å². The quantitative estimate of drug-likeness (QED) is 0.737. The van der Waals surface area contributed by atoms with E-state index in [1.807, 2.05) is 0 Å². The first kappa shape index (κ1) is 14.0. The Balaban J connectivity index is 2.19. The Morgan fingerprint density at radius 1 is 1.47 bits per heavy atom. The fourth-order valence-electron chi connectivity index (χ4n) is 2.11. The molecule has 0 bridgehead atoms. The largest absolute Gasteiger partial charge is 0.326 e. The van der Waals surface area contributed by atoms with Gasteiger partial charge in [-0.05, 0) is 37.6 Å². The van der Waals surface area contributed by atoms with Crippen molar-refractivity contribution >= 4 is 21.6 Å². The first-order valence-electron chi connectivity index (χ1n) is 6.03. The minimum Gasteiger partial charge on any atom is -0.326 e. The molecule has 0 radical (unpaired) electrons. The summed E-state index contributed by atoms with van der Waals surface area (Å²) in [4.78, 5) is 12.0. The summed E-state index contributed by atoms with van der Waals surface area (Å²) in [5.74, 6) is -0.173. The smallest absolute Gasteiger partial charge is 0.238 e. The van der Waals surface area contributed by atoms with Gasteiger partial charge in [0.2, 0.25) is 15.9 Å². The van der Waals surface area contributed by atoms with Crippen LogP contribution in [0, 0.1) is 12.8 Å². The zero-order chi connectivity index (χ0) is 14.0. The van der Waals surface area contributed by atoms with Crippen LogP contribution < -0.4 is 15.8 Å². The molecule has 7 heteroatoms. The summed E-state index contributed by atoms with van der Waals surface area (Å²) in [7, 11) is -3.77. The van der Waals surface area contributed by atoms with Crippen molar-refractivity contribution in [2.45, 2.75) is 18.2 Å². The number of carbonyl (C=O) groups is 1. The Labute approximate surface area is 112 Å². The number of amides is 1. The third kappa shape index (κ3) is 3.31. The molecule has 1 aliphatic heterocycles. The Kier molecular flexibility index (Phi) is 3.88. The fraction of sp³-hybridized carbons (Fsp3) is 0.417. The van der Waals surface area contributed by atoms with Gasteiger partial charge in [0.05, 0.1) is 10.8 Å². The summed E-state index contributed by atoms with van der Waals surface area (Å²) >= 11 is 0. The number of anilines is 1. The van der Waals surface area contributed by atoms with Crippen molar-refractivity contribution in [3.63, 3.8) is 0 Å². The van der Waals surface area contributed by atoms with Crippen LogP contribution in [0.5, 0.6) is 0 Å². The van der Waals surface area contributed by atoms with E-state index in [1.54, 1.807) is 19.1 Å². The van der Waals surface area contributed by atoms with Gasteiger partial charge in [-0.2, -0.15) is 0 Å². The second-order valence-corrected chi connectivity index (χ2v) is 6.23. The van der Waals surface area contributed by atoms with Crippen molar-refractivity contribution in [1.29, 1.82) is 0 Å². The summed E-state index contributed by atoms with van der Waals surface area (Å²) in [6, 6.07) is 4.69. The van der Waals surface area contributed by atoms with Gasteiger partial charge < -0.3 is 10.6 Å². The van der Waals surface area contributed by atoms with E-state index in [2.05, 4.69) is 10.6 Å². The molecule has 1 heterocycles.